The molecular formula is C23H16Cl2F2N2O3S. The van der Waals surface area contributed by atoms with Gasteiger partial charge in [-0.1, -0.05) is 59.6 Å². The molecule has 0 bridgehead atoms. The average Bonchev–Trinajstić information content (AvgIpc) is 3.39. The van der Waals surface area contributed by atoms with E-state index in [4.69, 9.17) is 28.3 Å². The lowest BCUT2D eigenvalue weighted by atomic mass is 9.94. The first kappa shape index (κ1) is 23.4. The van der Waals surface area contributed by atoms with E-state index in [0.717, 1.165) is 22.5 Å². The minimum Gasteiger partial charge on any atom is -0.481 e. The molecule has 33 heavy (non-hydrogen) atoms. The number of aliphatic carboxylic acids is 1. The van der Waals surface area contributed by atoms with Crippen LogP contribution in [0.15, 0.2) is 65.8 Å². The van der Waals surface area contributed by atoms with Crippen molar-refractivity contribution in [3.63, 3.8) is 0 Å². The monoisotopic (exact) mass is 508 g/mol. The fourth-order valence-corrected chi connectivity index (χ4v) is 4.91. The highest BCUT2D eigenvalue weighted by Gasteiger charge is 2.49. The summed E-state index contributed by atoms with van der Waals surface area (Å²) in [4.78, 5) is 24.2. The molecule has 1 atom stereocenters. The van der Waals surface area contributed by atoms with E-state index in [2.05, 4.69) is 5.10 Å². The van der Waals surface area contributed by atoms with Gasteiger partial charge < -0.3 is 5.11 Å². The number of alkyl halides is 2. The number of hydrogen-bond donors (Lipinski definition) is 1. The number of amides is 1. The molecule has 2 aromatic carbocycles. The van der Waals surface area contributed by atoms with Gasteiger partial charge in [0.2, 0.25) is 0 Å². The molecular weight excluding hydrogens is 493 g/mol. The summed E-state index contributed by atoms with van der Waals surface area (Å²) in [6.45, 7) is 0. The number of benzene rings is 2. The van der Waals surface area contributed by atoms with Gasteiger partial charge in [-0.05, 0) is 35.4 Å². The second-order valence-corrected chi connectivity index (χ2v) is 9.57. The molecule has 0 radical (unpaired) electrons. The first-order valence-corrected chi connectivity index (χ1v) is 11.3. The van der Waals surface area contributed by atoms with Gasteiger partial charge in [-0.3, -0.25) is 9.59 Å². The summed E-state index contributed by atoms with van der Waals surface area (Å²) in [6, 6.07) is 16.9. The fraction of sp³-hybridized carbons (Fsp3) is 0.174. The van der Waals surface area contributed by atoms with E-state index < -0.39 is 30.3 Å². The van der Waals surface area contributed by atoms with E-state index in [9.17, 15) is 18.4 Å². The van der Waals surface area contributed by atoms with Gasteiger partial charge in [-0.2, -0.15) is 13.9 Å². The van der Waals surface area contributed by atoms with Gasteiger partial charge in [0.1, 0.15) is 6.42 Å². The summed E-state index contributed by atoms with van der Waals surface area (Å²) in [5.74, 6) is -7.56. The Balaban J connectivity index is 1.77. The van der Waals surface area contributed by atoms with Crippen LogP contribution in [0.5, 0.6) is 0 Å². The third-order valence-corrected chi connectivity index (χ3v) is 6.70. The number of hydrogen-bond acceptors (Lipinski definition) is 4. The normalized spacial score (nSPS) is 16.1. The Bertz CT molecular complexity index is 1240. The molecule has 5 nitrogen and oxygen atoms in total. The minimum absolute atomic E-state index is 0.163. The molecule has 1 aliphatic heterocycles. The average molecular weight is 509 g/mol. The molecule has 1 aromatic heterocycles. The lowest BCUT2D eigenvalue weighted by molar-refractivity contribution is -0.167. The number of hydrazone groups is 1. The van der Waals surface area contributed by atoms with E-state index >= 15 is 0 Å². The SMILES string of the molecule is O=C(O)CC(F)(F)C(=O)N1N=C(c2ccccc2-c2ccc(Cl)cc2)CC1c1ccc(Cl)s1. The van der Waals surface area contributed by atoms with Gasteiger partial charge in [0.15, 0.2) is 0 Å². The largest absolute Gasteiger partial charge is 0.481 e. The molecule has 1 amide bonds. The molecule has 4 rings (SSSR count). The van der Waals surface area contributed by atoms with Gasteiger partial charge in [-0.15, -0.1) is 11.3 Å². The van der Waals surface area contributed by atoms with Crippen molar-refractivity contribution in [1.29, 1.82) is 0 Å². The summed E-state index contributed by atoms with van der Waals surface area (Å²) >= 11 is 13.2. The smallest absolute Gasteiger partial charge is 0.337 e. The maximum absolute atomic E-state index is 14.4. The van der Waals surface area contributed by atoms with Crippen molar-refractivity contribution in [2.24, 2.45) is 5.10 Å². The maximum Gasteiger partial charge on any atom is 0.337 e. The second kappa shape index (κ2) is 9.21. The molecule has 0 saturated carbocycles. The molecule has 0 saturated heterocycles. The highest BCUT2D eigenvalue weighted by molar-refractivity contribution is 7.16. The fourth-order valence-electron chi connectivity index (χ4n) is 3.64. The summed E-state index contributed by atoms with van der Waals surface area (Å²) in [7, 11) is 0. The quantitative estimate of drug-likeness (QED) is 0.412. The molecule has 0 fully saturated rings. The predicted molar refractivity (Wildman–Crippen MR) is 124 cm³/mol. The first-order valence-electron chi connectivity index (χ1n) is 9.77. The van der Waals surface area contributed by atoms with Crippen LogP contribution in [-0.2, 0) is 9.59 Å². The van der Waals surface area contributed by atoms with Crippen molar-refractivity contribution in [3.8, 4) is 11.1 Å². The third-order valence-electron chi connectivity index (χ3n) is 5.12. The number of carboxylic acids is 1. The lowest BCUT2D eigenvalue weighted by Crippen LogP contribution is -2.42. The molecule has 1 N–H and O–H groups in total. The zero-order valence-corrected chi connectivity index (χ0v) is 19.2. The summed E-state index contributed by atoms with van der Waals surface area (Å²) in [5.41, 5.74) is 2.73. The number of nitrogens with zero attached hydrogens (tertiary/aromatic N) is 2. The Labute approximate surface area is 201 Å². The van der Waals surface area contributed by atoms with Crippen LogP contribution < -0.4 is 0 Å². The Morgan fingerprint density at radius 1 is 1.06 bits per heavy atom. The van der Waals surface area contributed by atoms with Crippen molar-refractivity contribution < 1.29 is 23.5 Å². The molecule has 1 aliphatic rings. The van der Waals surface area contributed by atoms with E-state index in [1.165, 1.54) is 0 Å². The number of carbonyl (C=O) groups excluding carboxylic acids is 1. The highest BCUT2D eigenvalue weighted by atomic mass is 35.5. The topological polar surface area (TPSA) is 70.0 Å². The Morgan fingerprint density at radius 3 is 2.33 bits per heavy atom. The van der Waals surface area contributed by atoms with E-state index in [0.29, 0.717) is 30.5 Å². The third kappa shape index (κ3) is 4.93. The van der Waals surface area contributed by atoms with Crippen LogP contribution in [0.1, 0.15) is 29.3 Å². The Kier molecular flexibility index (Phi) is 6.52. The van der Waals surface area contributed by atoms with Gasteiger partial charge >= 0.3 is 17.8 Å². The summed E-state index contributed by atoms with van der Waals surface area (Å²) < 4.78 is 29.3. The number of carbonyl (C=O) groups is 2. The minimum atomic E-state index is -4.11. The van der Waals surface area contributed by atoms with Crippen molar-refractivity contribution in [2.75, 3.05) is 0 Å². The summed E-state index contributed by atoms with van der Waals surface area (Å²) in [5, 5.41) is 14.4. The maximum atomic E-state index is 14.4. The second-order valence-electron chi connectivity index (χ2n) is 7.39. The van der Waals surface area contributed by atoms with Gasteiger partial charge in [-0.25, -0.2) is 5.01 Å². The molecule has 2 heterocycles. The summed E-state index contributed by atoms with van der Waals surface area (Å²) in [6.07, 6.45) is -1.46. The zero-order valence-electron chi connectivity index (χ0n) is 16.8. The van der Waals surface area contributed by atoms with Crippen molar-refractivity contribution in [1.82, 2.24) is 5.01 Å². The number of carboxylic acid groups (broad SMARTS) is 1. The molecule has 3 aromatic rings. The van der Waals surface area contributed by atoms with Crippen molar-refractivity contribution in [2.45, 2.75) is 24.8 Å². The van der Waals surface area contributed by atoms with E-state index in [-0.39, 0.29) is 6.42 Å². The molecule has 10 heteroatoms. The number of thiophene rings is 1. The Morgan fingerprint density at radius 2 is 1.73 bits per heavy atom. The van der Waals surface area contributed by atoms with Crippen LogP contribution in [0.2, 0.25) is 9.36 Å². The van der Waals surface area contributed by atoms with Gasteiger partial charge in [0, 0.05) is 21.9 Å². The molecule has 170 valence electrons. The van der Waals surface area contributed by atoms with Gasteiger partial charge in [0.05, 0.1) is 16.1 Å². The van der Waals surface area contributed by atoms with Crippen LogP contribution in [-0.4, -0.2) is 33.6 Å². The zero-order chi connectivity index (χ0) is 23.8. The van der Waals surface area contributed by atoms with E-state index in [1.54, 1.807) is 36.4 Å². The molecule has 0 spiro atoms. The van der Waals surface area contributed by atoms with Crippen LogP contribution >= 0.6 is 34.5 Å². The van der Waals surface area contributed by atoms with E-state index in [1.807, 2.05) is 24.3 Å². The standard InChI is InChI=1S/C23H16Cl2F2N2O3S/c24-14-7-5-13(6-8-14)15-3-1-2-4-16(15)17-11-18(19-9-10-20(25)33-19)29(28-17)22(32)23(26,27)12-21(30)31/h1-10,18H,11-12H2,(H,30,31). The highest BCUT2D eigenvalue weighted by Crippen LogP contribution is 2.41. The lowest BCUT2D eigenvalue weighted by Gasteiger charge is -2.24. The number of rotatable bonds is 6. The van der Waals surface area contributed by atoms with Crippen LogP contribution in [0.3, 0.4) is 0 Å². The Hall–Kier alpha value is -2.81. The van der Waals surface area contributed by atoms with Crippen LogP contribution in [0.4, 0.5) is 8.78 Å². The predicted octanol–water partition coefficient (Wildman–Crippen LogP) is 6.51. The molecule has 0 aliphatic carbocycles. The van der Waals surface area contributed by atoms with Crippen LogP contribution in [0, 0.1) is 0 Å². The molecule has 1 unspecified atom stereocenters. The van der Waals surface area contributed by atoms with Crippen LogP contribution in [0.25, 0.3) is 11.1 Å². The van der Waals surface area contributed by atoms with Crippen molar-refractivity contribution >= 4 is 52.1 Å². The van der Waals surface area contributed by atoms with Gasteiger partial charge in [0.25, 0.3) is 0 Å². The first-order chi connectivity index (χ1) is 15.7. The number of halogens is 4. The van der Waals surface area contributed by atoms with Crippen molar-refractivity contribution in [3.05, 3.63) is 80.5 Å².